The Morgan fingerprint density at radius 3 is 2.43 bits per heavy atom. The molecule has 0 spiro atoms. The minimum absolute atomic E-state index is 0.0638. The molecule has 0 aromatic carbocycles. The van der Waals surface area contributed by atoms with Gasteiger partial charge < -0.3 is 15.5 Å². The Kier molecular flexibility index (Phi) is 8.99. The lowest BCUT2D eigenvalue weighted by atomic mass is 9.65. The number of ketones is 1. The number of allylic oxidation sites excluding steroid dienone is 2. The molecular formula is C21H30N2O5. The largest absolute Gasteiger partial charge is 0.473 e. The third-order valence-corrected chi connectivity index (χ3v) is 4.87. The van der Waals surface area contributed by atoms with Gasteiger partial charge in [0, 0.05) is 37.3 Å². The molecule has 0 aliphatic heterocycles. The number of pyridine rings is 1. The molecule has 1 aromatic rings. The van der Waals surface area contributed by atoms with E-state index in [1.807, 2.05) is 18.3 Å². The van der Waals surface area contributed by atoms with E-state index in [1.165, 1.54) is 0 Å². The molecule has 7 heteroatoms. The average Bonchev–Trinajstić information content (AvgIpc) is 2.60. The van der Waals surface area contributed by atoms with Gasteiger partial charge in [0.05, 0.1) is 0 Å². The van der Waals surface area contributed by atoms with E-state index in [0.717, 1.165) is 18.5 Å². The number of carbonyl (C=O) groups is 3. The molecule has 1 heterocycles. The zero-order valence-electron chi connectivity index (χ0n) is 16.9. The summed E-state index contributed by atoms with van der Waals surface area (Å²) in [6, 6.07) is 4.17. The number of carboxylic acids is 2. The molecule has 1 aromatic heterocycles. The first-order valence-electron chi connectivity index (χ1n) is 9.32. The number of carbonyl (C=O) groups excluding carboxylic acids is 1. The van der Waals surface area contributed by atoms with Crippen molar-refractivity contribution >= 4 is 17.7 Å². The lowest BCUT2D eigenvalue weighted by molar-refractivity contribution is -0.159. The molecule has 3 unspecified atom stereocenters. The maximum absolute atomic E-state index is 12.8. The van der Waals surface area contributed by atoms with Crippen molar-refractivity contribution in [2.24, 2.45) is 17.3 Å². The minimum Gasteiger partial charge on any atom is -0.473 e. The highest BCUT2D eigenvalue weighted by atomic mass is 16.4. The Bertz CT molecular complexity index is 688. The second-order valence-electron chi connectivity index (χ2n) is 7.88. The van der Waals surface area contributed by atoms with E-state index in [9.17, 15) is 4.79 Å². The summed E-state index contributed by atoms with van der Waals surface area (Å²) < 4.78 is 0. The van der Waals surface area contributed by atoms with Gasteiger partial charge in [-0.05, 0) is 36.3 Å². The Morgan fingerprint density at radius 1 is 1.29 bits per heavy atom. The van der Waals surface area contributed by atoms with Gasteiger partial charge in [0.2, 0.25) is 0 Å². The lowest BCUT2D eigenvalue weighted by Gasteiger charge is -2.39. The maximum atomic E-state index is 12.8. The zero-order valence-corrected chi connectivity index (χ0v) is 16.9. The van der Waals surface area contributed by atoms with Crippen LogP contribution in [0.5, 0.6) is 0 Å². The molecule has 154 valence electrons. The molecule has 1 aliphatic carbocycles. The first-order chi connectivity index (χ1) is 13.0. The van der Waals surface area contributed by atoms with E-state index < -0.39 is 11.9 Å². The second-order valence-corrected chi connectivity index (χ2v) is 7.88. The Hall–Kier alpha value is -2.54. The van der Waals surface area contributed by atoms with E-state index in [-0.39, 0.29) is 17.4 Å². The van der Waals surface area contributed by atoms with Crippen LogP contribution in [0.15, 0.2) is 36.7 Å². The number of aliphatic carboxylic acids is 2. The molecule has 2 rings (SSSR count). The highest BCUT2D eigenvalue weighted by Gasteiger charge is 2.39. The van der Waals surface area contributed by atoms with Gasteiger partial charge in [-0.3, -0.25) is 9.78 Å². The van der Waals surface area contributed by atoms with Crippen LogP contribution in [0.25, 0.3) is 0 Å². The molecule has 7 nitrogen and oxygen atoms in total. The standard InChI is InChI=1S/C19H28N2O.C2H2O4/c1-14-7-5-9-19(3,4)18(14)17(22)11-15(2)21-13-16-8-6-10-20-12-16;3-1(4)2(5)6/h5-8,10,12,14-15,18,21H,9,11,13H2,1-4H3;(H,3,4)(H,5,6). The van der Waals surface area contributed by atoms with Crippen LogP contribution in [0.3, 0.4) is 0 Å². The van der Waals surface area contributed by atoms with Crippen molar-refractivity contribution in [2.45, 2.75) is 53.1 Å². The van der Waals surface area contributed by atoms with Gasteiger partial charge in [-0.15, -0.1) is 0 Å². The van der Waals surface area contributed by atoms with Crippen molar-refractivity contribution in [1.82, 2.24) is 10.3 Å². The molecule has 0 fully saturated rings. The molecule has 0 amide bonds. The molecule has 0 saturated carbocycles. The molecule has 28 heavy (non-hydrogen) atoms. The highest BCUT2D eigenvalue weighted by molar-refractivity contribution is 6.27. The summed E-state index contributed by atoms with van der Waals surface area (Å²) in [7, 11) is 0. The SMILES string of the molecule is CC(CC(=O)C1C(C)C=CCC1(C)C)NCc1cccnc1.O=C(O)C(=O)O. The average molecular weight is 390 g/mol. The number of hydrogen-bond acceptors (Lipinski definition) is 5. The molecule has 3 N–H and O–H groups in total. The van der Waals surface area contributed by atoms with Gasteiger partial charge in [0.1, 0.15) is 5.78 Å². The van der Waals surface area contributed by atoms with E-state index in [1.54, 1.807) is 6.20 Å². The van der Waals surface area contributed by atoms with E-state index >= 15 is 0 Å². The number of hydrogen-bond donors (Lipinski definition) is 3. The van der Waals surface area contributed by atoms with Gasteiger partial charge in [-0.2, -0.15) is 0 Å². The van der Waals surface area contributed by atoms with Crippen molar-refractivity contribution in [1.29, 1.82) is 0 Å². The van der Waals surface area contributed by atoms with Gasteiger partial charge in [-0.1, -0.05) is 39.0 Å². The van der Waals surface area contributed by atoms with Gasteiger partial charge >= 0.3 is 11.9 Å². The van der Waals surface area contributed by atoms with E-state index in [0.29, 0.717) is 18.1 Å². The first kappa shape index (κ1) is 23.5. The van der Waals surface area contributed by atoms with Crippen molar-refractivity contribution in [3.8, 4) is 0 Å². The summed E-state index contributed by atoms with van der Waals surface area (Å²) in [5.74, 6) is -2.81. The maximum Gasteiger partial charge on any atom is 0.414 e. The van der Waals surface area contributed by atoms with Gasteiger partial charge in [0.25, 0.3) is 0 Å². The molecule has 0 bridgehead atoms. The van der Waals surface area contributed by atoms with Crippen LogP contribution in [-0.2, 0) is 20.9 Å². The smallest absolute Gasteiger partial charge is 0.414 e. The predicted molar refractivity (Wildman–Crippen MR) is 106 cm³/mol. The normalized spacial score (nSPS) is 21.1. The lowest BCUT2D eigenvalue weighted by Crippen LogP contribution is -2.40. The number of rotatable bonds is 6. The Labute approximate surface area is 165 Å². The number of nitrogens with zero attached hydrogens (tertiary/aromatic N) is 1. The third kappa shape index (κ3) is 7.60. The summed E-state index contributed by atoms with van der Waals surface area (Å²) in [6.45, 7) is 9.43. The number of carboxylic acid groups (broad SMARTS) is 2. The van der Waals surface area contributed by atoms with Crippen molar-refractivity contribution in [3.63, 3.8) is 0 Å². The van der Waals surface area contributed by atoms with Crippen LogP contribution in [0, 0.1) is 17.3 Å². The van der Waals surface area contributed by atoms with Crippen LogP contribution in [0.1, 0.15) is 46.1 Å². The quantitative estimate of drug-likeness (QED) is 0.505. The van der Waals surface area contributed by atoms with Crippen LogP contribution in [0.4, 0.5) is 0 Å². The molecule has 1 aliphatic rings. The van der Waals surface area contributed by atoms with Crippen LogP contribution >= 0.6 is 0 Å². The monoisotopic (exact) mass is 390 g/mol. The second kappa shape index (κ2) is 10.7. The van der Waals surface area contributed by atoms with Crippen LogP contribution < -0.4 is 5.32 Å². The van der Waals surface area contributed by atoms with Gasteiger partial charge in [-0.25, -0.2) is 9.59 Å². The van der Waals surface area contributed by atoms with Crippen LogP contribution in [-0.4, -0.2) is 39.0 Å². The predicted octanol–water partition coefficient (Wildman–Crippen LogP) is 2.91. The summed E-state index contributed by atoms with van der Waals surface area (Å²) in [6.07, 6.45) is 9.63. The van der Waals surface area contributed by atoms with E-state index in [2.05, 4.69) is 50.1 Å². The van der Waals surface area contributed by atoms with Crippen molar-refractivity contribution in [2.75, 3.05) is 0 Å². The molecule has 3 atom stereocenters. The van der Waals surface area contributed by atoms with E-state index in [4.69, 9.17) is 19.8 Å². The van der Waals surface area contributed by atoms with Gasteiger partial charge in [0.15, 0.2) is 0 Å². The fourth-order valence-corrected chi connectivity index (χ4v) is 3.56. The first-order valence-corrected chi connectivity index (χ1v) is 9.32. The van der Waals surface area contributed by atoms with Crippen LogP contribution in [0.2, 0.25) is 0 Å². The number of aromatic nitrogens is 1. The summed E-state index contributed by atoms with van der Waals surface area (Å²) in [5.41, 5.74) is 1.21. The molecule has 0 radical (unpaired) electrons. The zero-order chi connectivity index (χ0) is 21.3. The Balaban J connectivity index is 0.000000568. The van der Waals surface area contributed by atoms with Crippen molar-refractivity contribution < 1.29 is 24.6 Å². The number of nitrogens with one attached hydrogen (secondary N) is 1. The summed E-state index contributed by atoms with van der Waals surface area (Å²) in [4.78, 5) is 35.1. The third-order valence-electron chi connectivity index (χ3n) is 4.87. The molecule has 0 saturated heterocycles. The topological polar surface area (TPSA) is 117 Å². The summed E-state index contributed by atoms with van der Waals surface area (Å²) >= 11 is 0. The fourth-order valence-electron chi connectivity index (χ4n) is 3.56. The highest BCUT2D eigenvalue weighted by Crippen LogP contribution is 2.41. The number of Topliss-reactive ketones (excluding diaryl/α,β-unsaturated/α-hetero) is 1. The molecular weight excluding hydrogens is 360 g/mol. The fraction of sp³-hybridized carbons (Fsp3) is 0.524. The summed E-state index contributed by atoms with van der Waals surface area (Å²) in [5, 5.41) is 18.2. The van der Waals surface area contributed by atoms with Crippen molar-refractivity contribution in [3.05, 3.63) is 42.2 Å². The Morgan fingerprint density at radius 2 is 1.93 bits per heavy atom. The minimum atomic E-state index is -1.82.